The van der Waals surface area contributed by atoms with Crippen LogP contribution >= 0.6 is 0 Å². The molecule has 0 heterocycles. The third kappa shape index (κ3) is 2.59. The maximum Gasteiger partial charge on any atom is 0.333 e. The van der Waals surface area contributed by atoms with Gasteiger partial charge in [0.15, 0.2) is 0 Å². The lowest BCUT2D eigenvalue weighted by Crippen LogP contribution is -2.52. The normalized spacial score (nSPS) is 39.6. The Morgan fingerprint density at radius 2 is 1.63 bits per heavy atom. The zero-order valence-corrected chi connectivity index (χ0v) is 12.3. The van der Waals surface area contributed by atoms with Crippen LogP contribution in [0.1, 0.15) is 58.8 Å². The van der Waals surface area contributed by atoms with Gasteiger partial charge in [-0.15, -0.1) is 0 Å². The highest BCUT2D eigenvalue weighted by molar-refractivity contribution is 5.88. The van der Waals surface area contributed by atoms with Gasteiger partial charge in [-0.3, -0.25) is 0 Å². The molecule has 0 atom stereocenters. The average molecular weight is 262 g/mol. The molecule has 0 N–H and O–H groups in total. The molecule has 2 heteroatoms. The molecule has 2 nitrogen and oxygen atoms in total. The van der Waals surface area contributed by atoms with Crippen LogP contribution in [0.3, 0.4) is 0 Å². The second-order valence-corrected chi connectivity index (χ2v) is 7.69. The minimum Gasteiger partial charge on any atom is -0.456 e. The Balaban J connectivity index is 1.66. The fourth-order valence-corrected chi connectivity index (χ4v) is 5.00. The van der Waals surface area contributed by atoms with Crippen molar-refractivity contribution in [2.45, 2.75) is 64.4 Å². The standard InChI is InChI=1S/C17H26O2/c1-11(2)4-12(3)16(18)19-17-8-13-5-14(9-17)7-15(6-13)10-17/h11,13-15H,3-10H2,1-2H3. The molecular formula is C17H26O2. The van der Waals surface area contributed by atoms with Crippen LogP contribution in [0.5, 0.6) is 0 Å². The second kappa shape index (κ2) is 4.64. The highest BCUT2D eigenvalue weighted by Crippen LogP contribution is 2.57. The van der Waals surface area contributed by atoms with E-state index in [2.05, 4.69) is 20.4 Å². The van der Waals surface area contributed by atoms with Crippen molar-refractivity contribution in [2.24, 2.45) is 23.7 Å². The predicted octanol–water partition coefficient (Wildman–Crippen LogP) is 4.10. The Labute approximate surface area is 116 Å². The molecule has 0 unspecified atom stereocenters. The van der Waals surface area contributed by atoms with Crippen molar-refractivity contribution >= 4 is 5.97 Å². The molecule has 0 radical (unpaired) electrons. The van der Waals surface area contributed by atoms with E-state index in [9.17, 15) is 4.79 Å². The van der Waals surface area contributed by atoms with Gasteiger partial charge in [-0.05, 0) is 68.6 Å². The van der Waals surface area contributed by atoms with E-state index in [0.717, 1.165) is 43.4 Å². The summed E-state index contributed by atoms with van der Waals surface area (Å²) in [6.07, 6.45) is 8.22. The Hall–Kier alpha value is -0.790. The maximum absolute atomic E-state index is 12.2. The fraction of sp³-hybridized carbons (Fsp3) is 0.824. The van der Waals surface area contributed by atoms with Crippen molar-refractivity contribution in [3.05, 3.63) is 12.2 Å². The van der Waals surface area contributed by atoms with E-state index in [1.807, 2.05) is 0 Å². The molecule has 0 saturated heterocycles. The number of hydrogen-bond acceptors (Lipinski definition) is 2. The van der Waals surface area contributed by atoms with E-state index in [0.29, 0.717) is 11.5 Å². The molecule has 4 aliphatic carbocycles. The number of carbonyl (C=O) groups excluding carboxylic acids is 1. The molecule has 0 spiro atoms. The van der Waals surface area contributed by atoms with E-state index < -0.39 is 0 Å². The SMILES string of the molecule is C=C(CC(C)C)C(=O)OC12CC3CC(CC(C3)C1)C2. The van der Waals surface area contributed by atoms with E-state index >= 15 is 0 Å². The lowest BCUT2D eigenvalue weighted by molar-refractivity contribution is -0.182. The van der Waals surface area contributed by atoms with Crippen molar-refractivity contribution in [3.8, 4) is 0 Å². The second-order valence-electron chi connectivity index (χ2n) is 7.69. The number of ether oxygens (including phenoxy) is 1. The first-order valence-corrected chi connectivity index (χ1v) is 7.87. The largest absolute Gasteiger partial charge is 0.456 e. The molecule has 4 saturated carbocycles. The first-order chi connectivity index (χ1) is 8.96. The van der Waals surface area contributed by atoms with Crippen LogP contribution in [-0.4, -0.2) is 11.6 Å². The van der Waals surface area contributed by atoms with Crippen LogP contribution in [0.15, 0.2) is 12.2 Å². The van der Waals surface area contributed by atoms with Gasteiger partial charge < -0.3 is 4.74 Å². The molecule has 0 aromatic carbocycles. The van der Waals surface area contributed by atoms with Crippen molar-refractivity contribution in [1.82, 2.24) is 0 Å². The first-order valence-electron chi connectivity index (χ1n) is 7.87. The molecule has 0 aromatic heterocycles. The summed E-state index contributed by atoms with van der Waals surface area (Å²) in [7, 11) is 0. The molecule has 4 bridgehead atoms. The Bertz CT molecular complexity index is 359. The third-order valence-corrected chi connectivity index (χ3v) is 5.23. The van der Waals surface area contributed by atoms with Crippen LogP contribution in [0.4, 0.5) is 0 Å². The van der Waals surface area contributed by atoms with Gasteiger partial charge in [0.2, 0.25) is 0 Å². The highest BCUT2D eigenvalue weighted by Gasteiger charge is 2.53. The summed E-state index contributed by atoms with van der Waals surface area (Å²) in [6, 6.07) is 0. The summed E-state index contributed by atoms with van der Waals surface area (Å²) in [6.45, 7) is 8.15. The topological polar surface area (TPSA) is 26.3 Å². The van der Waals surface area contributed by atoms with Crippen LogP contribution in [0.25, 0.3) is 0 Å². The lowest BCUT2D eigenvalue weighted by atomic mass is 9.54. The molecule has 106 valence electrons. The van der Waals surface area contributed by atoms with Crippen LogP contribution in [0, 0.1) is 23.7 Å². The highest BCUT2D eigenvalue weighted by atomic mass is 16.6. The van der Waals surface area contributed by atoms with Crippen LogP contribution < -0.4 is 0 Å². The van der Waals surface area contributed by atoms with E-state index in [4.69, 9.17) is 4.74 Å². The smallest absolute Gasteiger partial charge is 0.333 e. The van der Waals surface area contributed by atoms with Gasteiger partial charge in [0.05, 0.1) is 0 Å². The summed E-state index contributed by atoms with van der Waals surface area (Å²) >= 11 is 0. The summed E-state index contributed by atoms with van der Waals surface area (Å²) in [5.41, 5.74) is 0.539. The molecule has 4 fully saturated rings. The summed E-state index contributed by atoms with van der Waals surface area (Å²) in [4.78, 5) is 12.2. The quantitative estimate of drug-likeness (QED) is 0.563. The van der Waals surface area contributed by atoms with Crippen LogP contribution in [0.2, 0.25) is 0 Å². The van der Waals surface area contributed by atoms with Crippen molar-refractivity contribution in [3.63, 3.8) is 0 Å². The van der Waals surface area contributed by atoms with Gasteiger partial charge in [-0.2, -0.15) is 0 Å². The van der Waals surface area contributed by atoms with Gasteiger partial charge in [-0.25, -0.2) is 4.79 Å². The molecule has 0 amide bonds. The number of esters is 1. The monoisotopic (exact) mass is 262 g/mol. The minimum atomic E-state index is -0.129. The molecule has 19 heavy (non-hydrogen) atoms. The zero-order valence-electron chi connectivity index (χ0n) is 12.3. The minimum absolute atomic E-state index is 0.119. The maximum atomic E-state index is 12.2. The molecule has 0 aliphatic heterocycles. The van der Waals surface area contributed by atoms with Gasteiger partial charge in [0.1, 0.15) is 5.60 Å². The van der Waals surface area contributed by atoms with Crippen molar-refractivity contribution in [1.29, 1.82) is 0 Å². The zero-order chi connectivity index (χ0) is 13.6. The Morgan fingerprint density at radius 1 is 1.16 bits per heavy atom. The lowest BCUT2D eigenvalue weighted by Gasteiger charge is -2.55. The number of hydrogen-bond donors (Lipinski definition) is 0. The van der Waals surface area contributed by atoms with E-state index in [1.165, 1.54) is 19.3 Å². The summed E-state index contributed by atoms with van der Waals surface area (Å²) in [5.74, 6) is 2.79. The third-order valence-electron chi connectivity index (χ3n) is 5.23. The Kier molecular flexibility index (Phi) is 3.23. The van der Waals surface area contributed by atoms with Gasteiger partial charge in [0, 0.05) is 5.57 Å². The molecule has 4 rings (SSSR count). The van der Waals surface area contributed by atoms with Crippen molar-refractivity contribution in [2.75, 3.05) is 0 Å². The Morgan fingerprint density at radius 3 is 2.05 bits per heavy atom. The van der Waals surface area contributed by atoms with E-state index in [-0.39, 0.29) is 11.6 Å². The average Bonchev–Trinajstić information content (AvgIpc) is 2.24. The molecule has 0 aromatic rings. The summed E-state index contributed by atoms with van der Waals surface area (Å²) in [5, 5.41) is 0. The van der Waals surface area contributed by atoms with Gasteiger partial charge >= 0.3 is 5.97 Å². The molecule has 4 aliphatic rings. The summed E-state index contributed by atoms with van der Waals surface area (Å²) < 4.78 is 5.97. The fourth-order valence-electron chi connectivity index (χ4n) is 5.00. The van der Waals surface area contributed by atoms with Crippen LogP contribution in [-0.2, 0) is 9.53 Å². The van der Waals surface area contributed by atoms with Crippen molar-refractivity contribution < 1.29 is 9.53 Å². The van der Waals surface area contributed by atoms with Gasteiger partial charge in [0.25, 0.3) is 0 Å². The number of rotatable bonds is 4. The molecular weight excluding hydrogens is 236 g/mol. The first kappa shape index (κ1) is 13.2. The van der Waals surface area contributed by atoms with Gasteiger partial charge in [-0.1, -0.05) is 20.4 Å². The predicted molar refractivity (Wildman–Crippen MR) is 75.6 cm³/mol. The van der Waals surface area contributed by atoms with E-state index in [1.54, 1.807) is 0 Å². The number of carbonyl (C=O) groups is 1.